The molecule has 0 aromatic rings. The molecule has 0 saturated carbocycles. The van der Waals surface area contributed by atoms with Gasteiger partial charge in [0.2, 0.25) is 0 Å². The second kappa shape index (κ2) is 11.4. The van der Waals surface area contributed by atoms with Crippen LogP contribution in [0.15, 0.2) is 24.7 Å². The maximum Gasteiger partial charge on any atom is 0.0751 e. The topological polar surface area (TPSA) is 40.5 Å². The lowest BCUT2D eigenvalue weighted by atomic mass is 10.3. The third-order valence-electron chi connectivity index (χ3n) is 1.53. The zero-order valence-electron chi connectivity index (χ0n) is 7.85. The van der Waals surface area contributed by atoms with Crippen LogP contribution in [0.2, 0.25) is 0 Å². The minimum atomic E-state index is 0.958. The number of aliphatic hydroxyl groups is 2. The van der Waals surface area contributed by atoms with Gasteiger partial charge in [-0.3, -0.25) is 0 Å². The van der Waals surface area contributed by atoms with Crippen molar-refractivity contribution < 1.29 is 10.2 Å². The third kappa shape index (κ3) is 11.4. The summed E-state index contributed by atoms with van der Waals surface area (Å²) < 4.78 is 0. The highest BCUT2D eigenvalue weighted by molar-refractivity contribution is 7.99. The second-order valence-corrected chi connectivity index (χ2v) is 3.89. The van der Waals surface area contributed by atoms with E-state index in [0.717, 1.165) is 49.7 Å². The Morgan fingerprint density at radius 3 is 1.69 bits per heavy atom. The lowest BCUT2D eigenvalue weighted by Gasteiger charge is -1.97. The van der Waals surface area contributed by atoms with Crippen LogP contribution in [0.5, 0.6) is 0 Å². The van der Waals surface area contributed by atoms with E-state index < -0.39 is 0 Å². The molecule has 0 fully saturated rings. The molecule has 0 atom stereocenters. The first-order valence-electron chi connectivity index (χ1n) is 4.58. The van der Waals surface area contributed by atoms with Gasteiger partial charge in [-0.2, -0.15) is 11.8 Å². The molecular formula is C10H18O2S. The molecule has 0 aliphatic rings. The van der Waals surface area contributed by atoms with Crippen LogP contribution in [0.3, 0.4) is 0 Å². The molecule has 0 rings (SSSR count). The number of aliphatic hydroxyl groups excluding tert-OH is 2. The highest BCUT2D eigenvalue weighted by atomic mass is 32.2. The van der Waals surface area contributed by atoms with Gasteiger partial charge in [-0.25, -0.2) is 0 Å². The summed E-state index contributed by atoms with van der Waals surface area (Å²) in [6, 6.07) is 0. The standard InChI is InChI=1S/C10H18O2S/c11-7-3-1-5-9-13-10-6-2-4-8-12/h3-4,7-8,11-12H,1-2,5-6,9-10H2. The average Bonchev–Trinajstić information content (AvgIpc) is 2.16. The fourth-order valence-corrected chi connectivity index (χ4v) is 1.80. The van der Waals surface area contributed by atoms with Crippen molar-refractivity contribution in [2.45, 2.75) is 25.7 Å². The van der Waals surface area contributed by atoms with Gasteiger partial charge in [0.1, 0.15) is 0 Å². The molecule has 0 spiro atoms. The fraction of sp³-hybridized carbons (Fsp3) is 0.600. The molecule has 0 aliphatic heterocycles. The Bertz CT molecular complexity index is 128. The summed E-state index contributed by atoms with van der Waals surface area (Å²) in [6.45, 7) is 0. The Labute approximate surface area is 84.4 Å². The fourth-order valence-electron chi connectivity index (χ4n) is 0.858. The molecule has 3 heteroatoms. The largest absolute Gasteiger partial charge is 0.516 e. The number of thioether (sulfide) groups is 1. The van der Waals surface area contributed by atoms with Crippen LogP contribution in [0.25, 0.3) is 0 Å². The number of hydrogen-bond acceptors (Lipinski definition) is 3. The van der Waals surface area contributed by atoms with E-state index in [4.69, 9.17) is 10.2 Å². The van der Waals surface area contributed by atoms with Crippen LogP contribution in [-0.4, -0.2) is 21.7 Å². The van der Waals surface area contributed by atoms with Gasteiger partial charge in [0, 0.05) is 0 Å². The van der Waals surface area contributed by atoms with E-state index in [-0.39, 0.29) is 0 Å². The Morgan fingerprint density at radius 2 is 1.31 bits per heavy atom. The van der Waals surface area contributed by atoms with Crippen molar-refractivity contribution in [1.82, 2.24) is 0 Å². The van der Waals surface area contributed by atoms with E-state index in [2.05, 4.69) is 0 Å². The van der Waals surface area contributed by atoms with Crippen LogP contribution >= 0.6 is 11.8 Å². The van der Waals surface area contributed by atoms with Crippen LogP contribution in [0, 0.1) is 0 Å². The van der Waals surface area contributed by atoms with Gasteiger partial charge >= 0.3 is 0 Å². The first-order valence-corrected chi connectivity index (χ1v) is 5.73. The maximum atomic E-state index is 8.35. The summed E-state index contributed by atoms with van der Waals surface area (Å²) in [4.78, 5) is 0. The SMILES string of the molecule is OC=CCCCSCCCC=CO. The lowest BCUT2D eigenvalue weighted by Crippen LogP contribution is -1.83. The molecule has 0 radical (unpaired) electrons. The number of rotatable bonds is 8. The van der Waals surface area contributed by atoms with E-state index in [9.17, 15) is 0 Å². The highest BCUT2D eigenvalue weighted by Crippen LogP contribution is 2.08. The van der Waals surface area contributed by atoms with Gasteiger partial charge in [-0.15, -0.1) is 0 Å². The van der Waals surface area contributed by atoms with Gasteiger partial charge < -0.3 is 10.2 Å². The van der Waals surface area contributed by atoms with E-state index in [1.807, 2.05) is 11.8 Å². The van der Waals surface area contributed by atoms with Gasteiger partial charge in [-0.05, 0) is 37.2 Å². The van der Waals surface area contributed by atoms with Gasteiger partial charge in [0.05, 0.1) is 12.5 Å². The molecule has 0 aliphatic carbocycles. The van der Waals surface area contributed by atoms with E-state index in [1.54, 1.807) is 12.2 Å². The summed E-state index contributed by atoms with van der Waals surface area (Å²) in [5, 5.41) is 16.7. The molecule has 2 N–H and O–H groups in total. The molecule has 0 saturated heterocycles. The quantitative estimate of drug-likeness (QED) is 0.468. The van der Waals surface area contributed by atoms with Crippen molar-refractivity contribution in [3.63, 3.8) is 0 Å². The zero-order chi connectivity index (χ0) is 9.78. The maximum absolute atomic E-state index is 8.35. The summed E-state index contributed by atoms with van der Waals surface area (Å²) in [5.41, 5.74) is 0. The van der Waals surface area contributed by atoms with Crippen molar-refractivity contribution in [3.05, 3.63) is 24.7 Å². The van der Waals surface area contributed by atoms with Gasteiger partial charge in [0.15, 0.2) is 0 Å². The molecule has 0 unspecified atom stereocenters. The predicted molar refractivity (Wildman–Crippen MR) is 59.3 cm³/mol. The molecule has 2 nitrogen and oxygen atoms in total. The summed E-state index contributed by atoms with van der Waals surface area (Å²) >= 11 is 1.92. The van der Waals surface area contributed by atoms with Crippen molar-refractivity contribution in [1.29, 1.82) is 0 Å². The van der Waals surface area contributed by atoms with Gasteiger partial charge in [-0.1, -0.05) is 12.2 Å². The van der Waals surface area contributed by atoms with Crippen molar-refractivity contribution >= 4 is 11.8 Å². The van der Waals surface area contributed by atoms with Crippen molar-refractivity contribution in [3.8, 4) is 0 Å². The Kier molecular flexibility index (Phi) is 10.9. The summed E-state index contributed by atoms with van der Waals surface area (Å²) in [5.74, 6) is 2.29. The predicted octanol–water partition coefficient (Wildman–Crippen LogP) is 3.42. The zero-order valence-corrected chi connectivity index (χ0v) is 8.67. The van der Waals surface area contributed by atoms with Crippen LogP contribution < -0.4 is 0 Å². The number of unbranched alkanes of at least 4 members (excludes halogenated alkanes) is 2. The summed E-state index contributed by atoms with van der Waals surface area (Å²) in [7, 11) is 0. The first-order chi connectivity index (χ1) is 6.41. The minimum absolute atomic E-state index is 0.958. The average molecular weight is 202 g/mol. The smallest absolute Gasteiger partial charge is 0.0751 e. The summed E-state index contributed by atoms with van der Waals surface area (Å²) in [6.07, 6.45) is 9.92. The van der Waals surface area contributed by atoms with E-state index >= 15 is 0 Å². The Hall–Kier alpha value is -0.570. The lowest BCUT2D eigenvalue weighted by molar-refractivity contribution is 0.470. The molecule has 13 heavy (non-hydrogen) atoms. The van der Waals surface area contributed by atoms with Crippen molar-refractivity contribution in [2.75, 3.05) is 11.5 Å². The molecule has 0 aromatic carbocycles. The molecule has 0 heterocycles. The van der Waals surface area contributed by atoms with E-state index in [0.29, 0.717) is 0 Å². The normalized spacial score (nSPS) is 11.7. The van der Waals surface area contributed by atoms with Crippen LogP contribution in [0.1, 0.15) is 25.7 Å². The molecule has 0 amide bonds. The first kappa shape index (κ1) is 12.4. The van der Waals surface area contributed by atoms with Crippen LogP contribution in [0.4, 0.5) is 0 Å². The monoisotopic (exact) mass is 202 g/mol. The third-order valence-corrected chi connectivity index (χ3v) is 2.68. The minimum Gasteiger partial charge on any atom is -0.516 e. The molecule has 0 bridgehead atoms. The molecule has 76 valence electrons. The Balaban J connectivity index is 2.91. The van der Waals surface area contributed by atoms with Crippen molar-refractivity contribution in [2.24, 2.45) is 0 Å². The Morgan fingerprint density at radius 1 is 0.846 bits per heavy atom. The van der Waals surface area contributed by atoms with E-state index in [1.165, 1.54) is 0 Å². The number of hydrogen-bond donors (Lipinski definition) is 2. The molecular weight excluding hydrogens is 184 g/mol. The second-order valence-electron chi connectivity index (χ2n) is 2.67. The van der Waals surface area contributed by atoms with Gasteiger partial charge in [0.25, 0.3) is 0 Å². The highest BCUT2D eigenvalue weighted by Gasteiger charge is 1.88. The number of allylic oxidation sites excluding steroid dienone is 2. The van der Waals surface area contributed by atoms with Crippen LogP contribution in [-0.2, 0) is 0 Å². The molecule has 0 aromatic heterocycles.